The average Bonchev–Trinajstić information content (AvgIpc) is 3.60. The third kappa shape index (κ3) is 7.43. The largest absolute Gasteiger partial charge is 0.489 e. The molecular formula is C37H47N3O2. The van der Waals surface area contributed by atoms with Crippen LogP contribution in [0.2, 0.25) is 0 Å². The molecule has 3 fully saturated rings. The summed E-state index contributed by atoms with van der Waals surface area (Å²) >= 11 is 0. The van der Waals surface area contributed by atoms with Crippen LogP contribution >= 0.6 is 0 Å². The molecule has 2 aliphatic heterocycles. The Labute approximate surface area is 252 Å². The Morgan fingerprint density at radius 3 is 1.98 bits per heavy atom. The molecule has 3 aromatic rings. The molecule has 222 valence electrons. The Morgan fingerprint density at radius 1 is 0.738 bits per heavy atom. The Morgan fingerprint density at radius 2 is 1.33 bits per heavy atom. The van der Waals surface area contributed by atoms with E-state index in [4.69, 9.17) is 4.74 Å². The van der Waals surface area contributed by atoms with Gasteiger partial charge in [-0.15, -0.1) is 0 Å². The first-order valence-electron chi connectivity index (χ1n) is 16.3. The fraction of sp³-hybridized carbons (Fsp3) is 0.486. The van der Waals surface area contributed by atoms with Crippen molar-refractivity contribution in [2.24, 2.45) is 5.92 Å². The van der Waals surface area contributed by atoms with E-state index in [1.807, 2.05) is 24.3 Å². The standard InChI is InChI=1S/C37H47N3O2/c41-37(38-27-29-19-25-40(26-20-29)32-15-7-8-16-32)34-17-9-10-18-36(34)42-33-21-23-39(24-22-33)28-35(30-11-3-1-4-12-30)31-13-5-2-6-14-31/h1-6,9-14,17-18,29,32-33,35H,7-8,15-16,19-28H2,(H,38,41). The highest BCUT2D eigenvalue weighted by molar-refractivity contribution is 5.96. The van der Waals surface area contributed by atoms with Crippen molar-refractivity contribution >= 4 is 5.91 Å². The van der Waals surface area contributed by atoms with E-state index in [9.17, 15) is 4.79 Å². The van der Waals surface area contributed by atoms with Gasteiger partial charge < -0.3 is 19.9 Å². The number of carbonyl (C=O) groups is 1. The highest BCUT2D eigenvalue weighted by atomic mass is 16.5. The van der Waals surface area contributed by atoms with Gasteiger partial charge in [-0.2, -0.15) is 0 Å². The number of amides is 1. The first kappa shape index (κ1) is 28.9. The third-order valence-corrected chi connectivity index (χ3v) is 9.85. The molecule has 3 aliphatic rings. The van der Waals surface area contributed by atoms with Gasteiger partial charge in [-0.25, -0.2) is 0 Å². The number of para-hydroxylation sites is 1. The van der Waals surface area contributed by atoms with Gasteiger partial charge in [-0.1, -0.05) is 85.6 Å². The lowest BCUT2D eigenvalue weighted by molar-refractivity contribution is 0.0881. The van der Waals surface area contributed by atoms with Gasteiger partial charge in [0.2, 0.25) is 0 Å². The van der Waals surface area contributed by atoms with Crippen molar-refractivity contribution < 1.29 is 9.53 Å². The number of nitrogens with one attached hydrogen (secondary N) is 1. The van der Waals surface area contributed by atoms with E-state index in [2.05, 4.69) is 75.8 Å². The van der Waals surface area contributed by atoms with E-state index in [0.29, 0.717) is 17.4 Å². The van der Waals surface area contributed by atoms with Crippen molar-refractivity contribution in [2.75, 3.05) is 39.3 Å². The molecule has 1 saturated carbocycles. The summed E-state index contributed by atoms with van der Waals surface area (Å²) in [7, 11) is 0. The minimum atomic E-state index is -0.00479. The summed E-state index contributed by atoms with van der Waals surface area (Å²) in [6.07, 6.45) is 9.96. The second kappa shape index (κ2) is 14.3. The second-order valence-corrected chi connectivity index (χ2v) is 12.6. The van der Waals surface area contributed by atoms with Crippen LogP contribution in [0.15, 0.2) is 84.9 Å². The molecular weight excluding hydrogens is 518 g/mol. The second-order valence-electron chi connectivity index (χ2n) is 12.6. The molecule has 0 spiro atoms. The first-order valence-corrected chi connectivity index (χ1v) is 16.3. The summed E-state index contributed by atoms with van der Waals surface area (Å²) < 4.78 is 6.50. The van der Waals surface area contributed by atoms with Crippen molar-refractivity contribution in [2.45, 2.75) is 69.4 Å². The topological polar surface area (TPSA) is 44.8 Å². The minimum Gasteiger partial charge on any atom is -0.489 e. The Bertz CT molecular complexity index is 1200. The van der Waals surface area contributed by atoms with Gasteiger partial charge in [-0.3, -0.25) is 4.79 Å². The van der Waals surface area contributed by atoms with Crippen molar-refractivity contribution in [3.63, 3.8) is 0 Å². The Kier molecular flexibility index (Phi) is 9.89. The van der Waals surface area contributed by atoms with Gasteiger partial charge in [0.05, 0.1) is 5.56 Å². The summed E-state index contributed by atoms with van der Waals surface area (Å²) in [5, 5.41) is 3.24. The zero-order chi connectivity index (χ0) is 28.6. The summed E-state index contributed by atoms with van der Waals surface area (Å²) in [5.74, 6) is 1.63. The summed E-state index contributed by atoms with van der Waals surface area (Å²) in [6.45, 7) is 6.11. The smallest absolute Gasteiger partial charge is 0.255 e. The van der Waals surface area contributed by atoms with E-state index in [-0.39, 0.29) is 12.0 Å². The number of hydrogen-bond donors (Lipinski definition) is 1. The lowest BCUT2D eigenvalue weighted by atomic mass is 9.90. The van der Waals surface area contributed by atoms with Crippen molar-refractivity contribution in [3.8, 4) is 5.75 Å². The molecule has 0 aromatic heterocycles. The highest BCUT2D eigenvalue weighted by Crippen LogP contribution is 2.30. The quantitative estimate of drug-likeness (QED) is 0.296. The molecule has 5 heteroatoms. The van der Waals surface area contributed by atoms with Crippen molar-refractivity contribution in [1.82, 2.24) is 15.1 Å². The Hall–Kier alpha value is -3.15. The third-order valence-electron chi connectivity index (χ3n) is 9.85. The lowest BCUT2D eigenvalue weighted by Crippen LogP contribution is -2.42. The van der Waals surface area contributed by atoms with Gasteiger partial charge in [0.25, 0.3) is 5.91 Å². The van der Waals surface area contributed by atoms with E-state index >= 15 is 0 Å². The average molecular weight is 566 g/mol. The highest BCUT2D eigenvalue weighted by Gasteiger charge is 2.28. The normalized spacial score (nSPS) is 19.7. The van der Waals surface area contributed by atoms with E-state index < -0.39 is 0 Å². The summed E-state index contributed by atoms with van der Waals surface area (Å²) in [5.41, 5.74) is 3.39. The van der Waals surface area contributed by atoms with Crippen LogP contribution in [-0.4, -0.2) is 67.1 Å². The molecule has 2 saturated heterocycles. The summed E-state index contributed by atoms with van der Waals surface area (Å²) in [4.78, 5) is 18.5. The number of rotatable bonds is 10. The van der Waals surface area contributed by atoms with Crippen LogP contribution < -0.4 is 10.1 Å². The lowest BCUT2D eigenvalue weighted by Gasteiger charge is -2.36. The van der Waals surface area contributed by atoms with Gasteiger partial charge in [0.15, 0.2) is 0 Å². The SMILES string of the molecule is O=C(NCC1CCN(C2CCCC2)CC1)c1ccccc1OC1CCN(CC(c2ccccc2)c2ccccc2)CC1. The van der Waals surface area contributed by atoms with Crippen LogP contribution in [-0.2, 0) is 0 Å². The van der Waals surface area contributed by atoms with Gasteiger partial charge >= 0.3 is 0 Å². The molecule has 0 atom stereocenters. The number of carbonyl (C=O) groups excluding carboxylic acids is 1. The number of piperidine rings is 2. The molecule has 3 aromatic carbocycles. The van der Waals surface area contributed by atoms with Crippen molar-refractivity contribution in [3.05, 3.63) is 102 Å². The number of nitrogens with zero attached hydrogens (tertiary/aromatic N) is 2. The molecule has 0 bridgehead atoms. The predicted molar refractivity (Wildman–Crippen MR) is 170 cm³/mol. The van der Waals surface area contributed by atoms with Crippen LogP contribution in [0.5, 0.6) is 5.75 Å². The van der Waals surface area contributed by atoms with Crippen LogP contribution in [0, 0.1) is 5.92 Å². The zero-order valence-electron chi connectivity index (χ0n) is 25.0. The molecule has 0 radical (unpaired) electrons. The molecule has 1 N–H and O–H groups in total. The van der Waals surface area contributed by atoms with E-state index in [1.165, 1.54) is 62.7 Å². The number of likely N-dealkylation sites (tertiary alicyclic amines) is 2. The van der Waals surface area contributed by atoms with Crippen molar-refractivity contribution in [1.29, 1.82) is 0 Å². The first-order chi connectivity index (χ1) is 20.7. The molecule has 6 rings (SSSR count). The maximum atomic E-state index is 13.3. The van der Waals surface area contributed by atoms with E-state index in [1.54, 1.807) is 0 Å². The van der Waals surface area contributed by atoms with Crippen LogP contribution in [0.3, 0.4) is 0 Å². The van der Waals surface area contributed by atoms with Gasteiger partial charge in [-0.05, 0) is 80.8 Å². The number of hydrogen-bond acceptors (Lipinski definition) is 4. The molecule has 1 amide bonds. The fourth-order valence-electron chi connectivity index (χ4n) is 7.30. The predicted octanol–water partition coefficient (Wildman–Crippen LogP) is 6.75. The molecule has 1 aliphatic carbocycles. The molecule has 0 unspecified atom stereocenters. The van der Waals surface area contributed by atoms with Crippen LogP contribution in [0.1, 0.15) is 78.8 Å². The van der Waals surface area contributed by atoms with Gasteiger partial charge in [0, 0.05) is 38.1 Å². The maximum absolute atomic E-state index is 13.3. The monoisotopic (exact) mass is 565 g/mol. The minimum absolute atomic E-state index is 0.00479. The maximum Gasteiger partial charge on any atom is 0.255 e. The number of ether oxygens (including phenoxy) is 1. The summed E-state index contributed by atoms with van der Waals surface area (Å²) in [6, 6.07) is 30.3. The number of benzene rings is 3. The van der Waals surface area contributed by atoms with E-state index in [0.717, 1.165) is 50.8 Å². The molecule has 5 nitrogen and oxygen atoms in total. The fourth-order valence-corrected chi connectivity index (χ4v) is 7.30. The van der Waals surface area contributed by atoms with Crippen LogP contribution in [0.4, 0.5) is 0 Å². The molecule has 2 heterocycles. The zero-order valence-corrected chi connectivity index (χ0v) is 25.0. The van der Waals surface area contributed by atoms with Crippen LogP contribution in [0.25, 0.3) is 0 Å². The Balaban J connectivity index is 0.992. The van der Waals surface area contributed by atoms with Gasteiger partial charge in [0.1, 0.15) is 11.9 Å². The molecule has 42 heavy (non-hydrogen) atoms.